The van der Waals surface area contributed by atoms with Crippen LogP contribution in [0, 0.1) is 5.92 Å². The lowest BCUT2D eigenvalue weighted by atomic mass is 9.86. The molecule has 3 aliphatic heterocycles. The van der Waals surface area contributed by atoms with Gasteiger partial charge in [-0.3, -0.25) is 9.69 Å². The zero-order chi connectivity index (χ0) is 42.1. The largest absolute Gasteiger partial charge is 0.506 e. The Bertz CT molecular complexity index is 2480. The Balaban J connectivity index is 0.780. The summed E-state index contributed by atoms with van der Waals surface area (Å²) in [4.78, 5) is 47.0. The van der Waals surface area contributed by atoms with Crippen LogP contribution in [0.4, 0.5) is 4.79 Å². The van der Waals surface area contributed by atoms with Crippen molar-refractivity contribution in [2.45, 2.75) is 50.5 Å². The van der Waals surface area contributed by atoms with Crippen LogP contribution in [-0.2, 0) is 16.1 Å². The number of aromatic amines is 1. The van der Waals surface area contributed by atoms with Gasteiger partial charge in [0.2, 0.25) is 11.4 Å². The Morgan fingerprint density at radius 1 is 0.934 bits per heavy atom. The number of hydrogen-bond donors (Lipinski definition) is 5. The van der Waals surface area contributed by atoms with Gasteiger partial charge in [-0.25, -0.2) is 9.59 Å². The van der Waals surface area contributed by atoms with Gasteiger partial charge in [-0.1, -0.05) is 65.8 Å². The summed E-state index contributed by atoms with van der Waals surface area (Å²) in [7, 11) is 0. The fourth-order valence-electron chi connectivity index (χ4n) is 7.95. The molecule has 0 aliphatic carbocycles. The zero-order valence-corrected chi connectivity index (χ0v) is 33.5. The number of nitrogens with zero attached hydrogens (tertiary/aromatic N) is 3. The van der Waals surface area contributed by atoms with E-state index in [9.17, 15) is 24.6 Å². The molecule has 61 heavy (non-hydrogen) atoms. The van der Waals surface area contributed by atoms with Crippen LogP contribution in [0.15, 0.2) is 112 Å². The molecular weight excluding hydrogens is 781 g/mol. The monoisotopic (exact) mass is 828 g/mol. The summed E-state index contributed by atoms with van der Waals surface area (Å²) in [5.41, 5.74) is 3.31. The van der Waals surface area contributed by atoms with Gasteiger partial charge in [0, 0.05) is 30.1 Å². The Morgan fingerprint density at radius 2 is 1.74 bits per heavy atom. The van der Waals surface area contributed by atoms with Crippen LogP contribution < -0.4 is 20.9 Å². The third-order valence-electron chi connectivity index (χ3n) is 11.2. The van der Waals surface area contributed by atoms with E-state index in [4.69, 9.17) is 18.7 Å². The van der Waals surface area contributed by atoms with Crippen molar-refractivity contribution in [3.8, 4) is 22.9 Å². The highest BCUT2D eigenvalue weighted by Gasteiger charge is 2.37. The molecule has 3 aliphatic rings. The van der Waals surface area contributed by atoms with Crippen molar-refractivity contribution in [3.63, 3.8) is 0 Å². The molecule has 0 radical (unpaired) electrons. The number of phenolic OH excluding ortho intramolecular Hbond substituents is 1. The molecule has 15 nitrogen and oxygen atoms in total. The fraction of sp³-hybridized carbons (Fsp3) is 0.326. The molecule has 6 aromatic rings. The molecule has 15 heteroatoms. The number of hydrogen-bond acceptors (Lipinski definition) is 13. The first-order valence-electron chi connectivity index (χ1n) is 20.6. The lowest BCUT2D eigenvalue weighted by Crippen LogP contribution is -2.52. The Labute approximate surface area is 351 Å². The second-order valence-electron chi connectivity index (χ2n) is 15.4. The number of nitrogens with one attached hydrogen (secondary N) is 3. The van der Waals surface area contributed by atoms with Crippen molar-refractivity contribution in [1.82, 2.24) is 30.7 Å². The third-order valence-corrected chi connectivity index (χ3v) is 11.2. The van der Waals surface area contributed by atoms with Crippen LogP contribution in [0.25, 0.3) is 22.3 Å². The van der Waals surface area contributed by atoms with Crippen LogP contribution in [0.2, 0.25) is 0 Å². The molecule has 3 atom stereocenters. The lowest BCUT2D eigenvalue weighted by Gasteiger charge is -2.43. The number of esters is 1. The number of ether oxygens (including phenoxy) is 3. The second-order valence-corrected chi connectivity index (χ2v) is 15.4. The van der Waals surface area contributed by atoms with Crippen LogP contribution in [-0.4, -0.2) is 87.7 Å². The van der Waals surface area contributed by atoms with Crippen LogP contribution in [0.1, 0.15) is 70.8 Å². The molecule has 2 bridgehead atoms. The fourth-order valence-corrected chi connectivity index (χ4v) is 7.95. The molecule has 5 heterocycles. The maximum absolute atomic E-state index is 13.2. The molecule has 9 rings (SSSR count). The topological polar surface area (TPSA) is 201 Å². The van der Waals surface area contributed by atoms with Gasteiger partial charge in [0.1, 0.15) is 17.6 Å². The third kappa shape index (κ3) is 10.3. The predicted octanol–water partition coefficient (Wildman–Crippen LogP) is 6.03. The van der Waals surface area contributed by atoms with E-state index in [0.29, 0.717) is 59.0 Å². The van der Waals surface area contributed by atoms with Crippen LogP contribution >= 0.6 is 0 Å². The van der Waals surface area contributed by atoms with Crippen LogP contribution in [0.5, 0.6) is 11.5 Å². The number of H-pyrrole nitrogens is 1. The molecule has 3 fully saturated rings. The number of aromatic nitrogens is 3. The van der Waals surface area contributed by atoms with E-state index in [1.807, 2.05) is 54.6 Å². The predicted molar refractivity (Wildman–Crippen MR) is 225 cm³/mol. The Kier molecular flexibility index (Phi) is 13.0. The van der Waals surface area contributed by atoms with E-state index in [1.54, 1.807) is 36.4 Å². The Hall–Kier alpha value is -6.55. The summed E-state index contributed by atoms with van der Waals surface area (Å²) >= 11 is 0. The number of rotatable bonds is 17. The van der Waals surface area contributed by atoms with E-state index in [-0.39, 0.29) is 48.6 Å². The summed E-state index contributed by atoms with van der Waals surface area (Å²) in [5.74, 6) is 1.05. The van der Waals surface area contributed by atoms with Crippen molar-refractivity contribution < 1.29 is 38.5 Å². The number of aromatic hydroxyl groups is 1. The van der Waals surface area contributed by atoms with E-state index in [1.165, 1.54) is 12.1 Å². The minimum atomic E-state index is -0.855. The smallest absolute Gasteiger partial charge is 0.408 e. The van der Waals surface area contributed by atoms with Gasteiger partial charge in [-0.15, -0.1) is 0 Å². The molecule has 0 saturated carbocycles. The van der Waals surface area contributed by atoms with Crippen molar-refractivity contribution in [2.75, 3.05) is 39.3 Å². The average Bonchev–Trinajstić information content (AvgIpc) is 3.77. The number of fused-ring (bicyclic) bond motifs is 4. The normalized spacial score (nSPS) is 18.0. The van der Waals surface area contributed by atoms with Crippen molar-refractivity contribution in [3.05, 3.63) is 142 Å². The zero-order valence-electron chi connectivity index (χ0n) is 33.5. The highest BCUT2D eigenvalue weighted by molar-refractivity contribution is 5.90. The number of aliphatic hydroxyl groups excluding tert-OH is 1. The lowest BCUT2D eigenvalue weighted by molar-refractivity contribution is -0.0336. The van der Waals surface area contributed by atoms with Gasteiger partial charge in [-0.2, -0.15) is 4.98 Å². The van der Waals surface area contributed by atoms with Gasteiger partial charge >= 0.3 is 12.1 Å². The molecular formula is C46H48N6O9. The number of aliphatic hydroxyl groups is 1. The number of pyridine rings is 1. The summed E-state index contributed by atoms with van der Waals surface area (Å²) < 4.78 is 22.9. The van der Waals surface area contributed by atoms with Gasteiger partial charge in [-0.05, 0) is 104 Å². The van der Waals surface area contributed by atoms with Gasteiger partial charge in [0.25, 0.3) is 5.89 Å². The van der Waals surface area contributed by atoms with Gasteiger partial charge < -0.3 is 44.6 Å². The molecule has 1 unspecified atom stereocenters. The van der Waals surface area contributed by atoms with Crippen molar-refractivity contribution in [1.29, 1.82) is 0 Å². The SMILES string of the molecule is O=C(NC(c1ccccc1)c1cccc(OCc2nc(-c3ccc(C(=O)OCCCCNC[C@H](O)c4ccc(O)c5[nH]c(=O)ccc45)cc3)no2)c1)O[C@@H]1CN2CCC1CC2. The first-order valence-corrected chi connectivity index (χ1v) is 20.6. The van der Waals surface area contributed by atoms with Crippen molar-refractivity contribution in [2.24, 2.45) is 5.92 Å². The summed E-state index contributed by atoms with van der Waals surface area (Å²) in [6.07, 6.45) is 2.03. The number of carbonyl (C=O) groups is 2. The number of phenols is 1. The molecule has 4 aromatic carbocycles. The molecule has 0 spiro atoms. The maximum Gasteiger partial charge on any atom is 0.408 e. The molecule has 3 saturated heterocycles. The minimum absolute atomic E-state index is 0.0146. The van der Waals surface area contributed by atoms with E-state index in [0.717, 1.165) is 43.6 Å². The summed E-state index contributed by atoms with van der Waals surface area (Å²) in [5, 5.41) is 31.8. The van der Waals surface area contributed by atoms with E-state index >= 15 is 0 Å². The first-order chi connectivity index (χ1) is 29.8. The van der Waals surface area contributed by atoms with Crippen molar-refractivity contribution >= 4 is 23.0 Å². The standard InChI is InChI=1S/C46H48N6O9/c53-37-17-15-35(36-16-18-40(55)48-43(36)37)38(54)26-47-21-4-5-24-58-45(56)32-13-11-31(12-14-32)44-49-41(61-51-44)28-59-34-10-6-9-33(25-34)42(30-7-2-1-3-8-30)50-46(57)60-39-27-52-22-19-29(39)20-23-52/h1-3,6-18,25,29,38-39,42,47,53-54H,4-5,19-24,26-28H2,(H,48,55)(H,50,57)/t38-,39+,42?/m0/s1. The highest BCUT2D eigenvalue weighted by atomic mass is 16.6. The summed E-state index contributed by atoms with van der Waals surface area (Å²) in [6.45, 7) is 4.01. The molecule has 1 amide bonds. The summed E-state index contributed by atoms with van der Waals surface area (Å²) in [6, 6.07) is 29.5. The number of benzene rings is 4. The molecule has 2 aromatic heterocycles. The van der Waals surface area contributed by atoms with Crippen LogP contribution in [0.3, 0.4) is 0 Å². The highest BCUT2D eigenvalue weighted by Crippen LogP contribution is 2.32. The minimum Gasteiger partial charge on any atom is -0.506 e. The molecule has 316 valence electrons. The Morgan fingerprint density at radius 3 is 2.52 bits per heavy atom. The number of piperidine rings is 3. The van der Waals surface area contributed by atoms with Gasteiger partial charge in [0.15, 0.2) is 6.61 Å². The number of amides is 1. The van der Waals surface area contributed by atoms with Gasteiger partial charge in [0.05, 0.1) is 29.8 Å². The molecule has 5 N–H and O–H groups in total. The van der Waals surface area contributed by atoms with E-state index < -0.39 is 24.2 Å². The quantitative estimate of drug-likeness (QED) is 0.0528. The maximum atomic E-state index is 13.2. The van der Waals surface area contributed by atoms with E-state index in [2.05, 4.69) is 30.7 Å². The second kappa shape index (κ2) is 19.2. The average molecular weight is 829 g/mol. The number of alkyl carbamates (subject to hydrolysis) is 1. The number of carbonyl (C=O) groups excluding carboxylic acids is 2. The number of unbranched alkanes of at least 4 members (excludes halogenated alkanes) is 1. The first kappa shape index (κ1) is 41.2.